The average Bonchev–Trinajstić information content (AvgIpc) is 2.53. The molecule has 2 aromatic rings. The van der Waals surface area contributed by atoms with E-state index in [0.29, 0.717) is 6.54 Å². The van der Waals surface area contributed by atoms with Crippen molar-refractivity contribution in [1.82, 2.24) is 5.32 Å². The van der Waals surface area contributed by atoms with Gasteiger partial charge in [0, 0.05) is 11.0 Å². The summed E-state index contributed by atoms with van der Waals surface area (Å²) in [6, 6.07) is 15.5. The van der Waals surface area contributed by atoms with Crippen molar-refractivity contribution in [2.24, 2.45) is 0 Å². The topological polar surface area (TPSA) is 38.3 Å². The normalized spacial score (nSPS) is 11.1. The minimum atomic E-state index is -0.587. The second-order valence-electron chi connectivity index (χ2n) is 5.67. The lowest BCUT2D eigenvalue weighted by molar-refractivity contribution is -0.125. The predicted molar refractivity (Wildman–Crippen MR) is 92.0 cm³/mol. The molecule has 0 saturated heterocycles. The second-order valence-corrected chi connectivity index (χ2v) is 6.58. The molecular formula is C18H20BrNO2. The van der Waals surface area contributed by atoms with Gasteiger partial charge in [-0.1, -0.05) is 40.2 Å². The number of halogens is 1. The third-order valence-corrected chi connectivity index (χ3v) is 4.22. The number of nitrogens with one attached hydrogen (secondary N) is 1. The molecule has 0 saturated carbocycles. The van der Waals surface area contributed by atoms with Gasteiger partial charge in [-0.25, -0.2) is 0 Å². The van der Waals surface area contributed by atoms with Gasteiger partial charge in [0.15, 0.2) is 0 Å². The predicted octanol–water partition coefficient (Wildman–Crippen LogP) is 4.05. The summed E-state index contributed by atoms with van der Waals surface area (Å²) in [6.45, 7) is 4.36. The number of ether oxygens (including phenoxy) is 1. The van der Waals surface area contributed by atoms with Crippen LogP contribution in [-0.2, 0) is 16.8 Å². The first-order valence-electron chi connectivity index (χ1n) is 7.11. The van der Waals surface area contributed by atoms with Gasteiger partial charge < -0.3 is 10.1 Å². The minimum Gasteiger partial charge on any atom is -0.497 e. The van der Waals surface area contributed by atoms with Crippen LogP contribution >= 0.6 is 15.9 Å². The number of hydrogen-bond donors (Lipinski definition) is 1. The van der Waals surface area contributed by atoms with Gasteiger partial charge in [0.25, 0.3) is 0 Å². The van der Waals surface area contributed by atoms with Crippen LogP contribution in [0.5, 0.6) is 5.75 Å². The van der Waals surface area contributed by atoms with Gasteiger partial charge >= 0.3 is 0 Å². The molecule has 0 atom stereocenters. The van der Waals surface area contributed by atoms with Crippen molar-refractivity contribution in [3.63, 3.8) is 0 Å². The van der Waals surface area contributed by atoms with Crippen molar-refractivity contribution in [2.75, 3.05) is 7.11 Å². The fraction of sp³-hybridized carbons (Fsp3) is 0.278. The molecule has 2 rings (SSSR count). The smallest absolute Gasteiger partial charge is 0.230 e. The molecular weight excluding hydrogens is 342 g/mol. The first-order chi connectivity index (χ1) is 10.4. The van der Waals surface area contributed by atoms with Gasteiger partial charge in [0.2, 0.25) is 5.91 Å². The lowest BCUT2D eigenvalue weighted by Gasteiger charge is -2.24. The summed E-state index contributed by atoms with van der Waals surface area (Å²) in [5.74, 6) is 0.811. The van der Waals surface area contributed by atoms with Gasteiger partial charge in [0.05, 0.1) is 12.5 Å². The van der Waals surface area contributed by atoms with E-state index in [9.17, 15) is 4.79 Å². The number of carbonyl (C=O) groups excluding carboxylic acids is 1. The van der Waals surface area contributed by atoms with E-state index >= 15 is 0 Å². The fourth-order valence-electron chi connectivity index (χ4n) is 2.16. The van der Waals surface area contributed by atoms with Crippen LogP contribution in [-0.4, -0.2) is 13.0 Å². The standard InChI is InChI=1S/C18H20BrNO2/c1-18(2,14-5-4-6-15(19)11-14)17(21)20-12-13-7-9-16(22-3)10-8-13/h4-11H,12H2,1-3H3,(H,20,21). The van der Waals surface area contributed by atoms with Crippen molar-refractivity contribution in [3.8, 4) is 5.75 Å². The van der Waals surface area contributed by atoms with Crippen LogP contribution in [0, 0.1) is 0 Å². The minimum absolute atomic E-state index is 0.00131. The lowest BCUT2D eigenvalue weighted by Crippen LogP contribution is -2.39. The van der Waals surface area contributed by atoms with Crippen molar-refractivity contribution in [3.05, 3.63) is 64.1 Å². The average molecular weight is 362 g/mol. The third-order valence-electron chi connectivity index (χ3n) is 3.73. The molecule has 4 heteroatoms. The fourth-order valence-corrected chi connectivity index (χ4v) is 2.55. The Morgan fingerprint density at radius 2 is 1.86 bits per heavy atom. The first kappa shape index (κ1) is 16.6. The number of benzene rings is 2. The van der Waals surface area contributed by atoms with Crippen molar-refractivity contribution in [1.29, 1.82) is 0 Å². The van der Waals surface area contributed by atoms with Gasteiger partial charge in [-0.3, -0.25) is 4.79 Å². The maximum Gasteiger partial charge on any atom is 0.230 e. The molecule has 1 amide bonds. The van der Waals surface area contributed by atoms with Crippen LogP contribution in [0.1, 0.15) is 25.0 Å². The van der Waals surface area contributed by atoms with Gasteiger partial charge in [-0.05, 0) is 49.2 Å². The van der Waals surface area contributed by atoms with Gasteiger partial charge in [-0.15, -0.1) is 0 Å². The van der Waals surface area contributed by atoms with Crippen LogP contribution in [0.2, 0.25) is 0 Å². The highest BCUT2D eigenvalue weighted by Crippen LogP contribution is 2.26. The number of methoxy groups -OCH3 is 1. The number of rotatable bonds is 5. The molecule has 3 nitrogen and oxygen atoms in total. The van der Waals surface area contributed by atoms with Crippen LogP contribution in [0.25, 0.3) is 0 Å². The molecule has 116 valence electrons. The summed E-state index contributed by atoms with van der Waals surface area (Å²) < 4.78 is 6.10. The Kier molecular flexibility index (Phi) is 5.24. The Morgan fingerprint density at radius 3 is 2.45 bits per heavy atom. The van der Waals surface area contributed by atoms with E-state index in [1.807, 2.05) is 62.4 Å². The molecule has 0 aliphatic rings. The Labute approximate surface area is 139 Å². The van der Waals surface area contributed by atoms with Crippen LogP contribution in [0.4, 0.5) is 0 Å². The zero-order valence-corrected chi connectivity index (χ0v) is 14.6. The zero-order chi connectivity index (χ0) is 16.2. The molecule has 0 fully saturated rings. The molecule has 0 aliphatic heterocycles. The van der Waals surface area contributed by atoms with E-state index in [1.165, 1.54) is 0 Å². The van der Waals surface area contributed by atoms with E-state index in [-0.39, 0.29) is 5.91 Å². The van der Waals surface area contributed by atoms with Gasteiger partial charge in [-0.2, -0.15) is 0 Å². The maximum absolute atomic E-state index is 12.5. The first-order valence-corrected chi connectivity index (χ1v) is 7.90. The summed E-state index contributed by atoms with van der Waals surface area (Å²) in [6.07, 6.45) is 0. The van der Waals surface area contributed by atoms with Crippen LogP contribution < -0.4 is 10.1 Å². The molecule has 2 aromatic carbocycles. The largest absolute Gasteiger partial charge is 0.497 e. The monoisotopic (exact) mass is 361 g/mol. The highest BCUT2D eigenvalue weighted by atomic mass is 79.9. The van der Waals surface area contributed by atoms with E-state index in [2.05, 4.69) is 21.2 Å². The van der Waals surface area contributed by atoms with E-state index in [0.717, 1.165) is 21.3 Å². The highest BCUT2D eigenvalue weighted by Gasteiger charge is 2.29. The molecule has 22 heavy (non-hydrogen) atoms. The number of amides is 1. The SMILES string of the molecule is COc1ccc(CNC(=O)C(C)(C)c2cccc(Br)c2)cc1. The summed E-state index contributed by atoms with van der Waals surface area (Å²) >= 11 is 3.45. The van der Waals surface area contributed by atoms with Gasteiger partial charge in [0.1, 0.15) is 5.75 Å². The maximum atomic E-state index is 12.5. The summed E-state index contributed by atoms with van der Waals surface area (Å²) in [4.78, 5) is 12.5. The summed E-state index contributed by atoms with van der Waals surface area (Å²) in [7, 11) is 1.64. The van der Waals surface area contributed by atoms with E-state index < -0.39 is 5.41 Å². The Balaban J connectivity index is 2.04. The van der Waals surface area contributed by atoms with Crippen LogP contribution in [0.15, 0.2) is 53.0 Å². The third kappa shape index (κ3) is 3.89. The van der Waals surface area contributed by atoms with Crippen molar-refractivity contribution < 1.29 is 9.53 Å². The Hall–Kier alpha value is -1.81. The highest BCUT2D eigenvalue weighted by molar-refractivity contribution is 9.10. The van der Waals surface area contributed by atoms with Crippen LogP contribution in [0.3, 0.4) is 0 Å². The molecule has 0 aliphatic carbocycles. The number of hydrogen-bond acceptors (Lipinski definition) is 2. The molecule has 1 N–H and O–H groups in total. The summed E-state index contributed by atoms with van der Waals surface area (Å²) in [5.41, 5.74) is 1.43. The van der Waals surface area contributed by atoms with Crippen molar-refractivity contribution >= 4 is 21.8 Å². The molecule has 0 aromatic heterocycles. The zero-order valence-electron chi connectivity index (χ0n) is 13.0. The molecule has 0 spiro atoms. The molecule has 0 heterocycles. The van der Waals surface area contributed by atoms with E-state index in [4.69, 9.17) is 4.74 Å². The quantitative estimate of drug-likeness (QED) is 0.872. The molecule has 0 radical (unpaired) electrons. The Morgan fingerprint density at radius 1 is 1.18 bits per heavy atom. The molecule has 0 unspecified atom stereocenters. The number of carbonyl (C=O) groups is 1. The van der Waals surface area contributed by atoms with E-state index in [1.54, 1.807) is 7.11 Å². The van der Waals surface area contributed by atoms with Crippen molar-refractivity contribution in [2.45, 2.75) is 25.8 Å². The second kappa shape index (κ2) is 6.97. The summed E-state index contributed by atoms with van der Waals surface area (Å²) in [5, 5.41) is 3.00. The Bertz CT molecular complexity index is 650. The lowest BCUT2D eigenvalue weighted by atomic mass is 9.83. The molecule has 0 bridgehead atoms.